The monoisotopic (exact) mass is 294 g/mol. The van der Waals surface area contributed by atoms with E-state index in [-0.39, 0.29) is 6.04 Å². The summed E-state index contributed by atoms with van der Waals surface area (Å²) in [5.41, 5.74) is 7.04. The number of likely N-dealkylation sites (tertiary alicyclic amines) is 1. The van der Waals surface area contributed by atoms with Gasteiger partial charge in [-0.3, -0.25) is 4.90 Å². The summed E-state index contributed by atoms with van der Waals surface area (Å²) in [6.07, 6.45) is 3.46. The van der Waals surface area contributed by atoms with E-state index in [0.29, 0.717) is 4.99 Å². The van der Waals surface area contributed by atoms with Gasteiger partial charge in [0.25, 0.3) is 0 Å². The third kappa shape index (κ3) is 3.41. The van der Waals surface area contributed by atoms with Crippen LogP contribution < -0.4 is 15.2 Å². The molecule has 0 aromatic heterocycles. The predicted molar refractivity (Wildman–Crippen MR) is 84.4 cm³/mol. The number of benzene rings is 1. The van der Waals surface area contributed by atoms with Crippen molar-refractivity contribution in [1.82, 2.24) is 4.90 Å². The molecule has 1 aliphatic rings. The van der Waals surface area contributed by atoms with Gasteiger partial charge in [-0.15, -0.1) is 0 Å². The molecule has 0 aliphatic carbocycles. The van der Waals surface area contributed by atoms with Gasteiger partial charge in [-0.05, 0) is 37.1 Å². The zero-order valence-corrected chi connectivity index (χ0v) is 12.9. The zero-order valence-electron chi connectivity index (χ0n) is 12.1. The minimum absolute atomic E-state index is 0.215. The molecule has 110 valence electrons. The van der Waals surface area contributed by atoms with E-state index in [0.717, 1.165) is 31.0 Å². The Morgan fingerprint density at radius 1 is 1.30 bits per heavy atom. The molecule has 1 heterocycles. The minimum atomic E-state index is 0.215. The second-order valence-corrected chi connectivity index (χ2v) is 5.55. The maximum atomic E-state index is 5.86. The summed E-state index contributed by atoms with van der Waals surface area (Å²) in [7, 11) is 3.30. The second-order valence-electron chi connectivity index (χ2n) is 5.07. The molecular formula is C15H22N2O2S. The summed E-state index contributed by atoms with van der Waals surface area (Å²) < 4.78 is 10.6. The van der Waals surface area contributed by atoms with Crippen molar-refractivity contribution in [1.29, 1.82) is 0 Å². The third-order valence-electron chi connectivity index (χ3n) is 3.78. The lowest BCUT2D eigenvalue weighted by Crippen LogP contribution is -2.46. The van der Waals surface area contributed by atoms with Crippen molar-refractivity contribution in [3.05, 3.63) is 23.8 Å². The van der Waals surface area contributed by atoms with Crippen LogP contribution in [0.4, 0.5) is 0 Å². The Morgan fingerprint density at radius 3 is 2.70 bits per heavy atom. The van der Waals surface area contributed by atoms with Gasteiger partial charge in [-0.25, -0.2) is 0 Å². The van der Waals surface area contributed by atoms with Crippen LogP contribution in [0.25, 0.3) is 0 Å². The zero-order chi connectivity index (χ0) is 14.5. The molecule has 1 saturated heterocycles. The van der Waals surface area contributed by atoms with Crippen molar-refractivity contribution in [3.8, 4) is 11.5 Å². The largest absolute Gasteiger partial charge is 0.493 e. The molecule has 0 bridgehead atoms. The highest BCUT2D eigenvalue weighted by molar-refractivity contribution is 7.80. The molecule has 20 heavy (non-hydrogen) atoms. The number of nitrogens with zero attached hydrogens (tertiary/aromatic N) is 1. The van der Waals surface area contributed by atoms with Crippen molar-refractivity contribution >= 4 is 17.2 Å². The van der Waals surface area contributed by atoms with Gasteiger partial charge < -0.3 is 15.2 Å². The predicted octanol–water partition coefficient (Wildman–Crippen LogP) is 2.34. The quantitative estimate of drug-likeness (QED) is 0.845. The molecular weight excluding hydrogens is 272 g/mol. The first-order chi connectivity index (χ1) is 9.65. The van der Waals surface area contributed by atoms with Gasteiger partial charge in [0.2, 0.25) is 0 Å². The van der Waals surface area contributed by atoms with E-state index >= 15 is 0 Å². The van der Waals surface area contributed by atoms with E-state index in [4.69, 9.17) is 27.4 Å². The molecule has 1 fully saturated rings. The fourth-order valence-electron chi connectivity index (χ4n) is 2.72. The Bertz CT molecular complexity index is 479. The number of hydrogen-bond donors (Lipinski definition) is 1. The lowest BCUT2D eigenvalue weighted by Gasteiger charge is -2.35. The Hall–Kier alpha value is -1.33. The van der Waals surface area contributed by atoms with Crippen LogP contribution in [0, 0.1) is 0 Å². The first kappa shape index (κ1) is 15.1. The summed E-state index contributed by atoms with van der Waals surface area (Å²) in [6.45, 7) is 1.87. The van der Waals surface area contributed by atoms with Gasteiger partial charge >= 0.3 is 0 Å². The van der Waals surface area contributed by atoms with E-state index in [9.17, 15) is 0 Å². The van der Waals surface area contributed by atoms with Crippen molar-refractivity contribution in [2.75, 3.05) is 20.8 Å². The van der Waals surface area contributed by atoms with Gasteiger partial charge in [0.05, 0.1) is 25.2 Å². The molecule has 0 spiro atoms. The fourth-order valence-corrected chi connectivity index (χ4v) is 2.98. The molecule has 2 N–H and O–H groups in total. The van der Waals surface area contributed by atoms with Gasteiger partial charge in [0.15, 0.2) is 11.5 Å². The molecule has 0 amide bonds. The lowest BCUT2D eigenvalue weighted by molar-refractivity contribution is 0.184. The molecule has 1 aromatic rings. The molecule has 1 atom stereocenters. The Kier molecular flexibility index (Phi) is 5.20. The smallest absolute Gasteiger partial charge is 0.161 e. The average molecular weight is 294 g/mol. The van der Waals surface area contributed by atoms with Gasteiger partial charge in [-0.2, -0.15) is 0 Å². The number of piperidine rings is 1. The lowest BCUT2D eigenvalue weighted by atomic mass is 10.0. The maximum Gasteiger partial charge on any atom is 0.161 e. The first-order valence-electron chi connectivity index (χ1n) is 6.90. The molecule has 0 saturated carbocycles. The molecule has 0 radical (unpaired) electrons. The number of ether oxygens (including phenoxy) is 2. The highest BCUT2D eigenvalue weighted by Crippen LogP contribution is 2.29. The standard InChI is InChI=1S/C15H22N2O2S/c1-18-13-7-6-11(9-14(13)19-2)10-17-8-4-3-5-12(17)15(16)20/h6-7,9,12H,3-5,8,10H2,1-2H3,(H2,16,20). The second kappa shape index (κ2) is 6.90. The van der Waals surface area contributed by atoms with Crippen molar-refractivity contribution in [3.63, 3.8) is 0 Å². The van der Waals surface area contributed by atoms with E-state index in [2.05, 4.69) is 11.0 Å². The molecule has 5 heteroatoms. The highest BCUT2D eigenvalue weighted by Gasteiger charge is 2.24. The van der Waals surface area contributed by atoms with Crippen LogP contribution >= 0.6 is 12.2 Å². The van der Waals surface area contributed by atoms with Crippen LogP contribution in [0.2, 0.25) is 0 Å². The van der Waals surface area contributed by atoms with Gasteiger partial charge in [0.1, 0.15) is 0 Å². The van der Waals surface area contributed by atoms with Crippen LogP contribution in [0.3, 0.4) is 0 Å². The van der Waals surface area contributed by atoms with Crippen molar-refractivity contribution < 1.29 is 9.47 Å². The molecule has 2 rings (SSSR count). The van der Waals surface area contributed by atoms with Gasteiger partial charge in [0, 0.05) is 6.54 Å². The van der Waals surface area contributed by atoms with Crippen LogP contribution in [0.1, 0.15) is 24.8 Å². The molecule has 1 aromatic carbocycles. The average Bonchev–Trinajstić information content (AvgIpc) is 2.47. The van der Waals surface area contributed by atoms with Crippen LogP contribution in [0.15, 0.2) is 18.2 Å². The van der Waals surface area contributed by atoms with Crippen molar-refractivity contribution in [2.45, 2.75) is 31.8 Å². The Morgan fingerprint density at radius 2 is 2.05 bits per heavy atom. The normalized spacial score (nSPS) is 19.6. The van der Waals surface area contributed by atoms with Crippen LogP contribution in [-0.2, 0) is 6.54 Å². The molecule has 1 unspecified atom stereocenters. The topological polar surface area (TPSA) is 47.7 Å². The highest BCUT2D eigenvalue weighted by atomic mass is 32.1. The van der Waals surface area contributed by atoms with Crippen molar-refractivity contribution in [2.24, 2.45) is 5.73 Å². The fraction of sp³-hybridized carbons (Fsp3) is 0.533. The summed E-state index contributed by atoms with van der Waals surface area (Å²) in [5.74, 6) is 1.51. The maximum absolute atomic E-state index is 5.86. The third-order valence-corrected chi connectivity index (χ3v) is 4.05. The Labute approximate surface area is 125 Å². The number of methoxy groups -OCH3 is 2. The van der Waals surface area contributed by atoms with E-state index in [1.807, 2.05) is 12.1 Å². The van der Waals surface area contributed by atoms with Gasteiger partial charge in [-0.1, -0.05) is 24.7 Å². The SMILES string of the molecule is COc1ccc(CN2CCCCC2C(N)=S)cc1OC. The summed E-state index contributed by atoms with van der Waals surface area (Å²) in [5, 5.41) is 0. The number of nitrogens with two attached hydrogens (primary N) is 1. The number of rotatable bonds is 5. The molecule has 4 nitrogen and oxygen atoms in total. The van der Waals surface area contributed by atoms with E-state index in [1.165, 1.54) is 18.4 Å². The molecule has 1 aliphatic heterocycles. The van der Waals surface area contributed by atoms with E-state index in [1.54, 1.807) is 14.2 Å². The summed E-state index contributed by atoms with van der Waals surface area (Å²) in [4.78, 5) is 2.96. The first-order valence-corrected chi connectivity index (χ1v) is 7.30. The number of thiocarbonyl (C=S) groups is 1. The van der Waals surface area contributed by atoms with Crippen LogP contribution in [0.5, 0.6) is 11.5 Å². The van der Waals surface area contributed by atoms with E-state index < -0.39 is 0 Å². The number of hydrogen-bond acceptors (Lipinski definition) is 4. The summed E-state index contributed by atoms with van der Waals surface area (Å²) in [6, 6.07) is 6.23. The summed E-state index contributed by atoms with van der Waals surface area (Å²) >= 11 is 5.19. The Balaban J connectivity index is 2.13. The minimum Gasteiger partial charge on any atom is -0.493 e. The van der Waals surface area contributed by atoms with Crippen LogP contribution in [-0.4, -0.2) is 36.7 Å².